The average Bonchev–Trinajstić information content (AvgIpc) is 2.95. The smallest absolute Gasteiger partial charge is 0.257 e. The van der Waals surface area contributed by atoms with Crippen LogP contribution >= 0.6 is 0 Å². The van der Waals surface area contributed by atoms with Gasteiger partial charge in [0.25, 0.3) is 5.91 Å². The van der Waals surface area contributed by atoms with E-state index in [1.165, 1.54) is 10.8 Å². The van der Waals surface area contributed by atoms with Crippen molar-refractivity contribution in [2.24, 2.45) is 0 Å². The molecule has 0 aliphatic carbocycles. The predicted molar refractivity (Wildman–Crippen MR) is 90.4 cm³/mol. The number of amides is 1. The number of fused-ring (bicyclic) bond motifs is 1. The highest BCUT2D eigenvalue weighted by Crippen LogP contribution is 2.21. The molecule has 23 heavy (non-hydrogen) atoms. The van der Waals surface area contributed by atoms with E-state index in [9.17, 15) is 4.79 Å². The Morgan fingerprint density at radius 3 is 2.70 bits per heavy atom. The molecule has 4 nitrogen and oxygen atoms in total. The van der Waals surface area contributed by atoms with Crippen LogP contribution in [0.5, 0.6) is 0 Å². The SMILES string of the molecule is CCc1onc(C)c1C(=O)NC(C)c1ccc2ccccc2c1. The Labute approximate surface area is 135 Å². The van der Waals surface area contributed by atoms with Crippen LogP contribution < -0.4 is 5.32 Å². The van der Waals surface area contributed by atoms with E-state index in [4.69, 9.17) is 4.52 Å². The lowest BCUT2D eigenvalue weighted by atomic mass is 10.0. The first-order valence-electron chi connectivity index (χ1n) is 7.85. The minimum absolute atomic E-state index is 0.0916. The number of aryl methyl sites for hydroxylation is 2. The second-order valence-corrected chi connectivity index (χ2v) is 5.72. The molecule has 0 saturated carbocycles. The molecule has 0 saturated heterocycles. The summed E-state index contributed by atoms with van der Waals surface area (Å²) in [6.45, 7) is 5.72. The fourth-order valence-electron chi connectivity index (χ4n) is 2.78. The molecule has 1 aromatic heterocycles. The maximum Gasteiger partial charge on any atom is 0.257 e. The van der Waals surface area contributed by atoms with Crippen LogP contribution in [0.25, 0.3) is 10.8 Å². The van der Waals surface area contributed by atoms with E-state index in [0.29, 0.717) is 23.4 Å². The molecule has 1 heterocycles. The third-order valence-electron chi connectivity index (χ3n) is 4.10. The number of benzene rings is 2. The van der Waals surface area contributed by atoms with Crippen LogP contribution in [0.1, 0.15) is 47.3 Å². The van der Waals surface area contributed by atoms with Crippen molar-refractivity contribution in [3.05, 3.63) is 65.0 Å². The van der Waals surface area contributed by atoms with Crippen LogP contribution in [-0.2, 0) is 6.42 Å². The summed E-state index contributed by atoms with van der Waals surface area (Å²) >= 11 is 0. The zero-order valence-electron chi connectivity index (χ0n) is 13.6. The lowest BCUT2D eigenvalue weighted by molar-refractivity contribution is 0.0937. The molecule has 0 aliphatic heterocycles. The molecule has 2 aromatic carbocycles. The van der Waals surface area contributed by atoms with Gasteiger partial charge >= 0.3 is 0 Å². The number of carbonyl (C=O) groups excluding carboxylic acids is 1. The van der Waals surface area contributed by atoms with E-state index in [1.54, 1.807) is 6.92 Å². The second kappa shape index (κ2) is 6.24. The number of nitrogens with one attached hydrogen (secondary N) is 1. The van der Waals surface area contributed by atoms with Crippen LogP contribution in [0.3, 0.4) is 0 Å². The Morgan fingerprint density at radius 2 is 1.96 bits per heavy atom. The van der Waals surface area contributed by atoms with Gasteiger partial charge in [-0.25, -0.2) is 0 Å². The number of hydrogen-bond donors (Lipinski definition) is 1. The molecule has 0 aliphatic rings. The molecule has 4 heteroatoms. The second-order valence-electron chi connectivity index (χ2n) is 5.72. The monoisotopic (exact) mass is 308 g/mol. The number of aromatic nitrogens is 1. The third kappa shape index (κ3) is 2.97. The summed E-state index contributed by atoms with van der Waals surface area (Å²) in [4.78, 5) is 12.5. The van der Waals surface area contributed by atoms with Crippen molar-refractivity contribution in [2.45, 2.75) is 33.2 Å². The van der Waals surface area contributed by atoms with Gasteiger partial charge < -0.3 is 9.84 Å². The van der Waals surface area contributed by atoms with E-state index in [-0.39, 0.29) is 11.9 Å². The Hall–Kier alpha value is -2.62. The Morgan fingerprint density at radius 1 is 1.22 bits per heavy atom. The van der Waals surface area contributed by atoms with E-state index < -0.39 is 0 Å². The first-order valence-corrected chi connectivity index (χ1v) is 7.85. The summed E-state index contributed by atoms with van der Waals surface area (Å²) in [6, 6.07) is 14.3. The molecule has 0 radical (unpaired) electrons. The van der Waals surface area contributed by atoms with E-state index in [2.05, 4.69) is 40.8 Å². The molecule has 3 aromatic rings. The molecule has 1 N–H and O–H groups in total. The summed E-state index contributed by atoms with van der Waals surface area (Å²) in [5, 5.41) is 9.29. The largest absolute Gasteiger partial charge is 0.360 e. The number of hydrogen-bond acceptors (Lipinski definition) is 3. The van der Waals surface area contributed by atoms with Gasteiger partial charge in [-0.3, -0.25) is 4.79 Å². The van der Waals surface area contributed by atoms with Gasteiger partial charge in [0.05, 0.1) is 11.7 Å². The van der Waals surface area contributed by atoms with Crippen molar-refractivity contribution in [3.8, 4) is 0 Å². The lowest BCUT2D eigenvalue weighted by Crippen LogP contribution is -2.27. The standard InChI is InChI=1S/C19H20N2O2/c1-4-17-18(13(3)21-23-17)19(22)20-12(2)15-10-9-14-7-5-6-8-16(14)11-15/h5-12H,4H2,1-3H3,(H,20,22). The van der Waals surface area contributed by atoms with Gasteiger partial charge in [0, 0.05) is 6.42 Å². The highest BCUT2D eigenvalue weighted by Gasteiger charge is 2.21. The molecule has 118 valence electrons. The van der Waals surface area contributed by atoms with Gasteiger partial charge in [-0.2, -0.15) is 0 Å². The molecular formula is C19H20N2O2. The van der Waals surface area contributed by atoms with Crippen LogP contribution in [0, 0.1) is 6.92 Å². The van der Waals surface area contributed by atoms with Crippen LogP contribution in [0.2, 0.25) is 0 Å². The molecule has 1 atom stereocenters. The van der Waals surface area contributed by atoms with Crippen LogP contribution in [0.15, 0.2) is 47.0 Å². The fraction of sp³-hybridized carbons (Fsp3) is 0.263. The molecule has 0 fully saturated rings. The first-order chi connectivity index (χ1) is 11.1. The summed E-state index contributed by atoms with van der Waals surface area (Å²) in [6.07, 6.45) is 0.647. The van der Waals surface area contributed by atoms with Gasteiger partial charge in [-0.1, -0.05) is 48.5 Å². The van der Waals surface area contributed by atoms with Crippen molar-refractivity contribution in [1.29, 1.82) is 0 Å². The quantitative estimate of drug-likeness (QED) is 0.786. The van der Waals surface area contributed by atoms with Crippen molar-refractivity contribution < 1.29 is 9.32 Å². The van der Waals surface area contributed by atoms with E-state index in [0.717, 1.165) is 5.56 Å². The summed E-state index contributed by atoms with van der Waals surface area (Å²) < 4.78 is 5.20. The maximum atomic E-state index is 12.5. The zero-order valence-corrected chi connectivity index (χ0v) is 13.6. The highest BCUT2D eigenvalue weighted by molar-refractivity contribution is 5.96. The molecular weight excluding hydrogens is 288 g/mol. The summed E-state index contributed by atoms with van der Waals surface area (Å²) in [5.41, 5.74) is 2.26. The highest BCUT2D eigenvalue weighted by atomic mass is 16.5. The van der Waals surface area contributed by atoms with Gasteiger partial charge in [-0.05, 0) is 36.2 Å². The Kier molecular flexibility index (Phi) is 4.15. The van der Waals surface area contributed by atoms with E-state index in [1.807, 2.05) is 26.0 Å². The van der Waals surface area contributed by atoms with Crippen LogP contribution in [0.4, 0.5) is 0 Å². The first kappa shape index (κ1) is 15.3. The lowest BCUT2D eigenvalue weighted by Gasteiger charge is -2.15. The third-order valence-corrected chi connectivity index (χ3v) is 4.10. The number of nitrogens with zero attached hydrogens (tertiary/aromatic N) is 1. The minimum atomic E-state index is -0.138. The topological polar surface area (TPSA) is 55.1 Å². The van der Waals surface area contributed by atoms with Gasteiger partial charge in [0.1, 0.15) is 11.3 Å². The van der Waals surface area contributed by atoms with E-state index >= 15 is 0 Å². The summed E-state index contributed by atoms with van der Waals surface area (Å²) in [5.74, 6) is 0.493. The molecule has 1 amide bonds. The molecule has 3 rings (SSSR count). The van der Waals surface area contributed by atoms with Gasteiger partial charge in [0.15, 0.2) is 0 Å². The normalized spacial score (nSPS) is 12.3. The number of rotatable bonds is 4. The van der Waals surface area contributed by atoms with Crippen LogP contribution in [-0.4, -0.2) is 11.1 Å². The minimum Gasteiger partial charge on any atom is -0.360 e. The molecule has 1 unspecified atom stereocenters. The Bertz CT molecular complexity index is 851. The maximum absolute atomic E-state index is 12.5. The molecule has 0 spiro atoms. The zero-order chi connectivity index (χ0) is 16.4. The average molecular weight is 308 g/mol. The molecule has 0 bridgehead atoms. The van der Waals surface area contributed by atoms with Gasteiger partial charge in [0.2, 0.25) is 0 Å². The van der Waals surface area contributed by atoms with Crippen molar-refractivity contribution in [3.63, 3.8) is 0 Å². The Balaban J connectivity index is 1.83. The summed E-state index contributed by atoms with van der Waals surface area (Å²) in [7, 11) is 0. The van der Waals surface area contributed by atoms with Gasteiger partial charge in [-0.15, -0.1) is 0 Å². The number of carbonyl (C=O) groups is 1. The predicted octanol–water partition coefficient (Wildman–Crippen LogP) is 4.19. The fourth-order valence-corrected chi connectivity index (χ4v) is 2.78. The van der Waals surface area contributed by atoms with Crippen molar-refractivity contribution in [2.75, 3.05) is 0 Å². The van der Waals surface area contributed by atoms with Crippen molar-refractivity contribution in [1.82, 2.24) is 10.5 Å². The van der Waals surface area contributed by atoms with Crippen molar-refractivity contribution >= 4 is 16.7 Å².